The number of phenols is 1. The van der Waals surface area contributed by atoms with Gasteiger partial charge >= 0.3 is 0 Å². The van der Waals surface area contributed by atoms with E-state index >= 15 is 0 Å². The van der Waals surface area contributed by atoms with Crippen LogP contribution in [0.15, 0.2) is 12.2 Å². The number of halogens is 4. The van der Waals surface area contributed by atoms with Crippen LogP contribution in [0.1, 0.15) is 20.8 Å². The summed E-state index contributed by atoms with van der Waals surface area (Å²) in [5.74, 6) is -0.243. The monoisotopic (exact) mass is 328 g/mol. The molecular formula is C12H12Cl4O2. The standard InChI is InChI=1S/C12H12Cl4O2/c1-5(2)12(3,4)18-11-8(15)6(13)10(17)7(14)9(11)16/h17H,1H2,2-4H3. The lowest BCUT2D eigenvalue weighted by atomic mass is 10.0. The lowest BCUT2D eigenvalue weighted by molar-refractivity contribution is 0.149. The Labute approximate surface area is 126 Å². The Morgan fingerprint density at radius 2 is 1.44 bits per heavy atom. The van der Waals surface area contributed by atoms with Crippen molar-refractivity contribution in [3.05, 3.63) is 32.2 Å². The summed E-state index contributed by atoms with van der Waals surface area (Å²) in [5, 5.41) is 9.42. The van der Waals surface area contributed by atoms with E-state index in [-0.39, 0.29) is 31.6 Å². The van der Waals surface area contributed by atoms with Gasteiger partial charge in [0, 0.05) is 0 Å². The van der Waals surface area contributed by atoms with Crippen LogP contribution in [0, 0.1) is 0 Å². The van der Waals surface area contributed by atoms with Crippen molar-refractivity contribution in [2.24, 2.45) is 0 Å². The van der Waals surface area contributed by atoms with Gasteiger partial charge < -0.3 is 9.84 Å². The Kier molecular flexibility index (Phi) is 4.71. The lowest BCUT2D eigenvalue weighted by Crippen LogP contribution is -2.29. The van der Waals surface area contributed by atoms with Gasteiger partial charge in [0.2, 0.25) is 0 Å². The first-order valence-corrected chi connectivity index (χ1v) is 6.50. The topological polar surface area (TPSA) is 29.5 Å². The summed E-state index contributed by atoms with van der Waals surface area (Å²) in [4.78, 5) is 0. The van der Waals surface area contributed by atoms with Crippen LogP contribution in [0.3, 0.4) is 0 Å². The van der Waals surface area contributed by atoms with Gasteiger partial charge in [0.25, 0.3) is 0 Å². The van der Waals surface area contributed by atoms with Crippen molar-refractivity contribution in [2.45, 2.75) is 26.4 Å². The molecule has 1 aromatic carbocycles. The summed E-state index contributed by atoms with van der Waals surface area (Å²) in [7, 11) is 0. The van der Waals surface area contributed by atoms with E-state index in [0.29, 0.717) is 0 Å². The highest BCUT2D eigenvalue weighted by Gasteiger charge is 2.27. The molecule has 100 valence electrons. The highest BCUT2D eigenvalue weighted by atomic mass is 35.5. The minimum absolute atomic E-state index is 0.0119. The largest absolute Gasteiger partial charge is 0.505 e. The number of benzene rings is 1. The summed E-state index contributed by atoms with van der Waals surface area (Å²) in [6.45, 7) is 9.23. The number of phenolic OH excluding ortho intramolecular Hbond substituents is 1. The van der Waals surface area contributed by atoms with Gasteiger partial charge in [-0.25, -0.2) is 0 Å². The van der Waals surface area contributed by atoms with Crippen molar-refractivity contribution in [2.75, 3.05) is 0 Å². The molecule has 0 saturated carbocycles. The van der Waals surface area contributed by atoms with E-state index in [1.54, 1.807) is 13.8 Å². The maximum atomic E-state index is 9.59. The highest BCUT2D eigenvalue weighted by Crippen LogP contribution is 2.50. The Bertz CT molecular complexity index is 480. The molecule has 6 heteroatoms. The Balaban J connectivity index is 3.39. The van der Waals surface area contributed by atoms with E-state index in [1.807, 2.05) is 6.92 Å². The fraction of sp³-hybridized carbons (Fsp3) is 0.333. The number of ether oxygens (including phenoxy) is 1. The maximum absolute atomic E-state index is 9.59. The van der Waals surface area contributed by atoms with E-state index in [9.17, 15) is 5.11 Å². The predicted octanol–water partition coefficient (Wildman–Crippen LogP) is 5.74. The minimum atomic E-state index is -0.698. The van der Waals surface area contributed by atoms with Gasteiger partial charge in [0.15, 0.2) is 11.5 Å². The molecular weight excluding hydrogens is 318 g/mol. The van der Waals surface area contributed by atoms with Gasteiger partial charge in [-0.2, -0.15) is 0 Å². The fourth-order valence-corrected chi connectivity index (χ4v) is 1.93. The third kappa shape index (κ3) is 2.83. The maximum Gasteiger partial charge on any atom is 0.161 e. The molecule has 0 amide bonds. The molecule has 0 aliphatic rings. The van der Waals surface area contributed by atoms with Crippen LogP contribution >= 0.6 is 46.4 Å². The predicted molar refractivity (Wildman–Crippen MR) is 77.7 cm³/mol. The van der Waals surface area contributed by atoms with Crippen LogP contribution in [0.5, 0.6) is 11.5 Å². The summed E-state index contributed by atoms with van der Waals surface area (Å²) in [6.07, 6.45) is 0. The average molecular weight is 330 g/mol. The Morgan fingerprint density at radius 1 is 1.06 bits per heavy atom. The van der Waals surface area contributed by atoms with Crippen LogP contribution in [0.2, 0.25) is 20.1 Å². The summed E-state index contributed by atoms with van der Waals surface area (Å²) in [5.41, 5.74) is 0.0756. The van der Waals surface area contributed by atoms with Crippen molar-refractivity contribution < 1.29 is 9.84 Å². The van der Waals surface area contributed by atoms with Crippen LogP contribution in [-0.4, -0.2) is 10.7 Å². The molecule has 0 unspecified atom stereocenters. The third-order valence-corrected chi connectivity index (χ3v) is 4.24. The number of hydrogen-bond acceptors (Lipinski definition) is 2. The lowest BCUT2D eigenvalue weighted by Gasteiger charge is -2.28. The second-order valence-corrected chi connectivity index (χ2v) is 5.84. The van der Waals surface area contributed by atoms with E-state index in [2.05, 4.69) is 6.58 Å². The first kappa shape index (κ1) is 15.8. The molecule has 0 aromatic heterocycles. The zero-order chi connectivity index (χ0) is 14.2. The Hall–Kier alpha value is -0.280. The molecule has 1 N–H and O–H groups in total. The fourth-order valence-electron chi connectivity index (χ4n) is 1.03. The molecule has 0 heterocycles. The molecule has 0 aliphatic heterocycles. The number of hydrogen-bond donors (Lipinski definition) is 1. The third-order valence-electron chi connectivity index (χ3n) is 2.58. The number of rotatable bonds is 3. The average Bonchev–Trinajstić information content (AvgIpc) is 2.29. The molecule has 0 aliphatic carbocycles. The molecule has 0 saturated heterocycles. The normalized spacial score (nSPS) is 11.5. The number of aromatic hydroxyl groups is 1. The van der Waals surface area contributed by atoms with Gasteiger partial charge in [-0.1, -0.05) is 53.0 Å². The van der Waals surface area contributed by atoms with Crippen LogP contribution in [0.25, 0.3) is 0 Å². The van der Waals surface area contributed by atoms with Gasteiger partial charge in [-0.3, -0.25) is 0 Å². The van der Waals surface area contributed by atoms with Crippen molar-refractivity contribution in [1.29, 1.82) is 0 Å². The molecule has 0 atom stereocenters. The summed E-state index contributed by atoms with van der Waals surface area (Å²) in [6, 6.07) is 0. The van der Waals surface area contributed by atoms with Crippen molar-refractivity contribution in [3.63, 3.8) is 0 Å². The van der Waals surface area contributed by atoms with Crippen molar-refractivity contribution >= 4 is 46.4 Å². The first-order chi connectivity index (χ1) is 8.09. The van der Waals surface area contributed by atoms with Gasteiger partial charge in [0.05, 0.1) is 0 Å². The SMILES string of the molecule is C=C(C)C(C)(C)Oc1c(Cl)c(Cl)c(O)c(Cl)c1Cl. The van der Waals surface area contributed by atoms with Gasteiger partial charge in [-0.05, 0) is 26.3 Å². The minimum Gasteiger partial charge on any atom is -0.505 e. The van der Waals surface area contributed by atoms with E-state index in [1.165, 1.54) is 0 Å². The second kappa shape index (κ2) is 5.38. The zero-order valence-electron chi connectivity index (χ0n) is 10.1. The van der Waals surface area contributed by atoms with E-state index < -0.39 is 5.60 Å². The van der Waals surface area contributed by atoms with Crippen molar-refractivity contribution in [3.8, 4) is 11.5 Å². The smallest absolute Gasteiger partial charge is 0.161 e. The molecule has 1 rings (SSSR count). The molecule has 0 radical (unpaired) electrons. The second-order valence-electron chi connectivity index (χ2n) is 4.33. The van der Waals surface area contributed by atoms with E-state index in [4.69, 9.17) is 51.1 Å². The molecule has 18 heavy (non-hydrogen) atoms. The summed E-state index contributed by atoms with van der Waals surface area (Å²) < 4.78 is 5.70. The molecule has 1 aromatic rings. The molecule has 0 bridgehead atoms. The first-order valence-electron chi connectivity index (χ1n) is 4.99. The highest BCUT2D eigenvalue weighted by molar-refractivity contribution is 6.50. The molecule has 2 nitrogen and oxygen atoms in total. The van der Waals surface area contributed by atoms with Crippen molar-refractivity contribution in [1.82, 2.24) is 0 Å². The Morgan fingerprint density at radius 3 is 1.78 bits per heavy atom. The van der Waals surface area contributed by atoms with E-state index in [0.717, 1.165) is 5.57 Å². The van der Waals surface area contributed by atoms with Gasteiger partial charge in [0.1, 0.15) is 25.7 Å². The zero-order valence-corrected chi connectivity index (χ0v) is 13.1. The van der Waals surface area contributed by atoms with Crippen LogP contribution < -0.4 is 4.74 Å². The van der Waals surface area contributed by atoms with Crippen LogP contribution in [-0.2, 0) is 0 Å². The molecule has 0 fully saturated rings. The summed E-state index contributed by atoms with van der Waals surface area (Å²) >= 11 is 23.7. The van der Waals surface area contributed by atoms with Gasteiger partial charge in [-0.15, -0.1) is 0 Å². The quantitative estimate of drug-likeness (QED) is 0.566. The van der Waals surface area contributed by atoms with Crippen LogP contribution in [0.4, 0.5) is 0 Å². The molecule has 0 spiro atoms.